The molecular formula is C16H15ClN4OS. The zero-order valence-corrected chi connectivity index (χ0v) is 13.8. The van der Waals surface area contributed by atoms with Crippen molar-refractivity contribution in [2.45, 2.75) is 5.16 Å². The van der Waals surface area contributed by atoms with E-state index >= 15 is 0 Å². The van der Waals surface area contributed by atoms with Gasteiger partial charge in [0.15, 0.2) is 5.82 Å². The molecule has 0 radical (unpaired) electrons. The SMILES string of the molecule is Nn1c(SCCOc2ccccc2)nnc1-c1ccccc1Cl. The van der Waals surface area contributed by atoms with Gasteiger partial charge in [0.2, 0.25) is 5.16 Å². The average Bonchev–Trinajstić information content (AvgIpc) is 2.94. The van der Waals surface area contributed by atoms with E-state index in [9.17, 15) is 0 Å². The summed E-state index contributed by atoms with van der Waals surface area (Å²) in [5.41, 5.74) is 0.761. The van der Waals surface area contributed by atoms with E-state index in [4.69, 9.17) is 22.2 Å². The molecule has 0 aliphatic heterocycles. The van der Waals surface area contributed by atoms with Gasteiger partial charge in [-0.3, -0.25) is 0 Å². The minimum atomic E-state index is 0.544. The number of hydrogen-bond acceptors (Lipinski definition) is 5. The zero-order chi connectivity index (χ0) is 16.1. The third-order valence-corrected chi connectivity index (χ3v) is 4.34. The van der Waals surface area contributed by atoms with E-state index < -0.39 is 0 Å². The van der Waals surface area contributed by atoms with Crippen LogP contribution in [-0.2, 0) is 0 Å². The lowest BCUT2D eigenvalue weighted by molar-refractivity contribution is 0.344. The van der Waals surface area contributed by atoms with Gasteiger partial charge in [0.05, 0.1) is 11.6 Å². The number of rotatable bonds is 6. The van der Waals surface area contributed by atoms with E-state index in [-0.39, 0.29) is 0 Å². The number of para-hydroxylation sites is 1. The molecule has 3 aromatic rings. The highest BCUT2D eigenvalue weighted by atomic mass is 35.5. The molecule has 2 N–H and O–H groups in total. The Morgan fingerprint density at radius 1 is 1.04 bits per heavy atom. The molecule has 0 aliphatic rings. The van der Waals surface area contributed by atoms with Crippen LogP contribution in [0, 0.1) is 0 Å². The highest BCUT2D eigenvalue weighted by Gasteiger charge is 2.14. The Bertz CT molecular complexity index is 779. The molecule has 0 bridgehead atoms. The molecule has 7 heteroatoms. The molecular weight excluding hydrogens is 332 g/mol. The van der Waals surface area contributed by atoms with E-state index in [0.717, 1.165) is 11.3 Å². The van der Waals surface area contributed by atoms with Crippen LogP contribution in [0.15, 0.2) is 59.8 Å². The fourth-order valence-electron chi connectivity index (χ4n) is 2.01. The molecule has 0 saturated carbocycles. The van der Waals surface area contributed by atoms with Crippen LogP contribution in [0.25, 0.3) is 11.4 Å². The van der Waals surface area contributed by atoms with Crippen molar-refractivity contribution in [2.75, 3.05) is 18.2 Å². The minimum Gasteiger partial charge on any atom is -0.493 e. The van der Waals surface area contributed by atoms with Gasteiger partial charge >= 0.3 is 0 Å². The van der Waals surface area contributed by atoms with Crippen molar-refractivity contribution in [3.05, 3.63) is 59.6 Å². The zero-order valence-electron chi connectivity index (χ0n) is 12.2. The first-order valence-corrected chi connectivity index (χ1v) is 8.38. The number of nitrogen functional groups attached to an aromatic ring is 1. The average molecular weight is 347 g/mol. The molecule has 2 aromatic carbocycles. The second-order valence-corrected chi connectivity index (χ2v) is 6.14. The maximum absolute atomic E-state index is 6.17. The van der Waals surface area contributed by atoms with Crippen molar-refractivity contribution in [3.8, 4) is 17.1 Å². The highest BCUT2D eigenvalue weighted by molar-refractivity contribution is 7.99. The van der Waals surface area contributed by atoms with Gasteiger partial charge in [0, 0.05) is 11.3 Å². The highest BCUT2D eigenvalue weighted by Crippen LogP contribution is 2.27. The first kappa shape index (κ1) is 15.7. The van der Waals surface area contributed by atoms with E-state index in [1.807, 2.05) is 48.5 Å². The lowest BCUT2D eigenvalue weighted by Crippen LogP contribution is -2.12. The standard InChI is InChI=1S/C16H15ClN4OS/c17-14-9-5-4-8-13(14)15-19-20-16(21(15)18)23-11-10-22-12-6-2-1-3-7-12/h1-9H,10-11,18H2. The predicted octanol–water partition coefficient (Wildman–Crippen LogP) is 3.48. The first-order valence-electron chi connectivity index (χ1n) is 7.02. The van der Waals surface area contributed by atoms with Gasteiger partial charge in [0.25, 0.3) is 0 Å². The summed E-state index contributed by atoms with van der Waals surface area (Å²) < 4.78 is 7.09. The molecule has 0 amide bonds. The lowest BCUT2D eigenvalue weighted by Gasteiger charge is -2.06. The van der Waals surface area contributed by atoms with Gasteiger partial charge in [-0.15, -0.1) is 10.2 Å². The summed E-state index contributed by atoms with van der Waals surface area (Å²) >= 11 is 7.66. The maximum atomic E-state index is 6.17. The monoisotopic (exact) mass is 346 g/mol. The Balaban J connectivity index is 1.61. The Morgan fingerprint density at radius 3 is 2.57 bits per heavy atom. The molecule has 0 saturated heterocycles. The van der Waals surface area contributed by atoms with Crippen molar-refractivity contribution in [1.82, 2.24) is 14.9 Å². The molecule has 118 valence electrons. The maximum Gasteiger partial charge on any atom is 0.210 e. The van der Waals surface area contributed by atoms with Crippen molar-refractivity contribution < 1.29 is 4.74 Å². The van der Waals surface area contributed by atoms with E-state index in [1.165, 1.54) is 16.4 Å². The summed E-state index contributed by atoms with van der Waals surface area (Å²) in [4.78, 5) is 0. The quantitative estimate of drug-likeness (QED) is 0.420. The molecule has 0 atom stereocenters. The third-order valence-electron chi connectivity index (χ3n) is 3.11. The number of ether oxygens (including phenoxy) is 1. The fraction of sp³-hybridized carbons (Fsp3) is 0.125. The van der Waals surface area contributed by atoms with Gasteiger partial charge in [0.1, 0.15) is 5.75 Å². The Kier molecular flexibility index (Phi) is 5.05. The number of nitrogens with two attached hydrogens (primary N) is 1. The van der Waals surface area contributed by atoms with Crippen molar-refractivity contribution >= 4 is 23.4 Å². The number of hydrogen-bond donors (Lipinski definition) is 1. The topological polar surface area (TPSA) is 66.0 Å². The summed E-state index contributed by atoms with van der Waals surface area (Å²) in [7, 11) is 0. The second kappa shape index (κ2) is 7.39. The largest absolute Gasteiger partial charge is 0.493 e. The number of aromatic nitrogens is 3. The number of nitrogens with zero attached hydrogens (tertiary/aromatic N) is 3. The molecule has 0 spiro atoms. The van der Waals surface area contributed by atoms with Crippen molar-refractivity contribution in [2.24, 2.45) is 0 Å². The number of benzene rings is 2. The van der Waals surface area contributed by atoms with Gasteiger partial charge in [-0.1, -0.05) is 53.7 Å². The van der Waals surface area contributed by atoms with Crippen LogP contribution in [0.1, 0.15) is 0 Å². The van der Waals surface area contributed by atoms with E-state index in [1.54, 1.807) is 6.07 Å². The summed E-state index contributed by atoms with van der Waals surface area (Å²) in [6.07, 6.45) is 0. The van der Waals surface area contributed by atoms with Gasteiger partial charge in [-0.25, -0.2) is 4.68 Å². The van der Waals surface area contributed by atoms with Gasteiger partial charge in [-0.2, -0.15) is 0 Å². The number of halogens is 1. The van der Waals surface area contributed by atoms with E-state index in [0.29, 0.717) is 28.4 Å². The summed E-state index contributed by atoms with van der Waals surface area (Å²) in [6, 6.07) is 17.1. The van der Waals surface area contributed by atoms with Crippen LogP contribution in [0.5, 0.6) is 5.75 Å². The van der Waals surface area contributed by atoms with Crippen molar-refractivity contribution in [1.29, 1.82) is 0 Å². The third kappa shape index (κ3) is 3.78. The second-order valence-electron chi connectivity index (χ2n) is 4.67. The predicted molar refractivity (Wildman–Crippen MR) is 93.3 cm³/mol. The molecule has 0 fully saturated rings. The molecule has 3 rings (SSSR count). The normalized spacial score (nSPS) is 10.7. The Hall–Kier alpha value is -2.18. The van der Waals surface area contributed by atoms with Crippen LogP contribution >= 0.6 is 23.4 Å². The van der Waals surface area contributed by atoms with Crippen LogP contribution in [0.4, 0.5) is 0 Å². The summed E-state index contributed by atoms with van der Waals surface area (Å²) in [5, 5.41) is 9.46. The smallest absolute Gasteiger partial charge is 0.210 e. The van der Waals surface area contributed by atoms with Crippen LogP contribution in [-0.4, -0.2) is 27.2 Å². The Morgan fingerprint density at radius 2 is 1.78 bits per heavy atom. The summed E-state index contributed by atoms with van der Waals surface area (Å²) in [5.74, 6) is 8.17. The molecule has 0 aliphatic carbocycles. The van der Waals surface area contributed by atoms with E-state index in [2.05, 4.69) is 10.2 Å². The molecule has 1 aromatic heterocycles. The summed E-state index contributed by atoms with van der Waals surface area (Å²) in [6.45, 7) is 0.558. The first-order chi connectivity index (χ1) is 11.3. The number of thioether (sulfide) groups is 1. The Labute approximate surface area is 143 Å². The van der Waals surface area contributed by atoms with Crippen LogP contribution in [0.3, 0.4) is 0 Å². The molecule has 23 heavy (non-hydrogen) atoms. The van der Waals surface area contributed by atoms with Crippen molar-refractivity contribution in [3.63, 3.8) is 0 Å². The molecule has 1 heterocycles. The van der Waals surface area contributed by atoms with Gasteiger partial charge in [-0.05, 0) is 24.3 Å². The minimum absolute atomic E-state index is 0.544. The lowest BCUT2D eigenvalue weighted by atomic mass is 10.2. The fourth-order valence-corrected chi connectivity index (χ4v) is 2.90. The van der Waals surface area contributed by atoms with Crippen LogP contribution < -0.4 is 10.6 Å². The molecule has 0 unspecified atom stereocenters. The van der Waals surface area contributed by atoms with Crippen LogP contribution in [0.2, 0.25) is 5.02 Å². The van der Waals surface area contributed by atoms with Gasteiger partial charge < -0.3 is 10.6 Å². The molecule has 5 nitrogen and oxygen atoms in total.